The van der Waals surface area contributed by atoms with Crippen LogP contribution in [0.2, 0.25) is 0 Å². The van der Waals surface area contributed by atoms with E-state index in [0.29, 0.717) is 26.2 Å². The van der Waals surface area contributed by atoms with Crippen molar-refractivity contribution in [3.05, 3.63) is 27.1 Å². The van der Waals surface area contributed by atoms with Crippen molar-refractivity contribution in [3.63, 3.8) is 0 Å². The van der Waals surface area contributed by atoms with Gasteiger partial charge in [0.1, 0.15) is 0 Å². The van der Waals surface area contributed by atoms with Crippen LogP contribution < -0.4 is 5.32 Å². The number of rotatable bonds is 4. The van der Waals surface area contributed by atoms with E-state index in [-0.39, 0.29) is 12.5 Å². The number of anilines is 1. The molecule has 0 atom stereocenters. The zero-order valence-electron chi connectivity index (χ0n) is 12.1. The van der Waals surface area contributed by atoms with Crippen LogP contribution in [0.3, 0.4) is 0 Å². The third-order valence-electron chi connectivity index (χ3n) is 3.42. The fourth-order valence-electron chi connectivity index (χ4n) is 2.18. The molecule has 1 aromatic carbocycles. The lowest BCUT2D eigenvalue weighted by Gasteiger charge is -2.33. The van der Waals surface area contributed by atoms with Crippen molar-refractivity contribution in [2.45, 2.75) is 0 Å². The molecule has 1 aliphatic heterocycles. The minimum atomic E-state index is -3.17. The first-order valence-corrected chi connectivity index (χ1v) is 10.1. The summed E-state index contributed by atoms with van der Waals surface area (Å²) in [4.78, 5) is 13.9. The average molecular weight is 455 g/mol. The van der Waals surface area contributed by atoms with Gasteiger partial charge in [-0.25, -0.2) is 8.42 Å². The van der Waals surface area contributed by atoms with Crippen LogP contribution in [0.5, 0.6) is 0 Å². The predicted molar refractivity (Wildman–Crippen MR) is 93.3 cm³/mol. The largest absolute Gasteiger partial charge is 0.375 e. The summed E-state index contributed by atoms with van der Waals surface area (Å²) in [5.74, 6) is -0.0389. The second kappa shape index (κ2) is 7.29. The summed E-state index contributed by atoms with van der Waals surface area (Å²) in [7, 11) is -3.17. The Morgan fingerprint density at radius 2 is 1.86 bits per heavy atom. The van der Waals surface area contributed by atoms with E-state index in [4.69, 9.17) is 0 Å². The Morgan fingerprint density at radius 1 is 1.23 bits per heavy atom. The van der Waals surface area contributed by atoms with E-state index in [1.807, 2.05) is 18.2 Å². The van der Waals surface area contributed by atoms with Crippen LogP contribution >= 0.6 is 31.9 Å². The number of amides is 1. The van der Waals surface area contributed by atoms with Crippen molar-refractivity contribution in [2.24, 2.45) is 0 Å². The standard InChI is InChI=1S/C13H17Br2N3O3S/c1-22(20,21)18-6-4-17(5-7-18)13(19)9-16-12-3-2-10(14)8-11(12)15/h2-3,8,16H,4-7,9H2,1H3. The number of hydrogen-bond acceptors (Lipinski definition) is 4. The zero-order valence-corrected chi connectivity index (χ0v) is 16.0. The van der Waals surface area contributed by atoms with Gasteiger partial charge in [-0.1, -0.05) is 15.9 Å². The third kappa shape index (κ3) is 4.68. The first kappa shape index (κ1) is 17.7. The lowest BCUT2D eigenvalue weighted by Crippen LogP contribution is -2.51. The minimum absolute atomic E-state index is 0.0389. The molecule has 0 aromatic heterocycles. The molecule has 1 fully saturated rings. The SMILES string of the molecule is CS(=O)(=O)N1CCN(C(=O)CNc2ccc(Br)cc2Br)CC1. The molecular formula is C13H17Br2N3O3S. The van der Waals surface area contributed by atoms with E-state index in [2.05, 4.69) is 37.2 Å². The van der Waals surface area contributed by atoms with Crippen molar-refractivity contribution in [3.8, 4) is 0 Å². The highest BCUT2D eigenvalue weighted by molar-refractivity contribution is 9.11. The lowest BCUT2D eigenvalue weighted by molar-refractivity contribution is -0.130. The minimum Gasteiger partial charge on any atom is -0.375 e. The normalized spacial score (nSPS) is 16.6. The van der Waals surface area contributed by atoms with Gasteiger partial charge in [0.05, 0.1) is 12.8 Å². The molecule has 1 saturated heterocycles. The molecular weight excluding hydrogens is 438 g/mol. The number of nitrogens with one attached hydrogen (secondary N) is 1. The van der Waals surface area contributed by atoms with Crippen LogP contribution in [0.1, 0.15) is 0 Å². The van der Waals surface area contributed by atoms with Gasteiger partial charge in [0.15, 0.2) is 0 Å². The number of benzene rings is 1. The molecule has 6 nitrogen and oxygen atoms in total. The number of piperazine rings is 1. The van der Waals surface area contributed by atoms with Crippen LogP contribution in [0.25, 0.3) is 0 Å². The number of sulfonamides is 1. The van der Waals surface area contributed by atoms with E-state index in [1.54, 1.807) is 4.90 Å². The molecule has 0 radical (unpaired) electrons. The van der Waals surface area contributed by atoms with Crippen LogP contribution in [0.15, 0.2) is 27.1 Å². The van der Waals surface area contributed by atoms with Gasteiger partial charge in [-0.3, -0.25) is 4.79 Å². The Balaban J connectivity index is 1.86. The first-order chi connectivity index (χ1) is 10.3. The first-order valence-electron chi connectivity index (χ1n) is 6.69. The summed E-state index contributed by atoms with van der Waals surface area (Å²) in [6, 6.07) is 5.67. The van der Waals surface area contributed by atoms with Gasteiger partial charge in [0.25, 0.3) is 0 Å². The Hall–Kier alpha value is -0.640. The van der Waals surface area contributed by atoms with Gasteiger partial charge in [-0.2, -0.15) is 4.31 Å². The summed E-state index contributed by atoms with van der Waals surface area (Å²) in [6.07, 6.45) is 1.19. The molecule has 1 aliphatic rings. The maximum atomic E-state index is 12.2. The molecule has 9 heteroatoms. The maximum Gasteiger partial charge on any atom is 0.241 e. The highest BCUT2D eigenvalue weighted by Gasteiger charge is 2.25. The molecule has 0 saturated carbocycles. The van der Waals surface area contributed by atoms with Crippen molar-refractivity contribution in [1.82, 2.24) is 9.21 Å². The summed E-state index contributed by atoms with van der Waals surface area (Å²) in [6.45, 7) is 1.74. The van der Waals surface area contributed by atoms with Crippen LogP contribution in [0.4, 0.5) is 5.69 Å². The molecule has 1 heterocycles. The van der Waals surface area contributed by atoms with Gasteiger partial charge in [-0.05, 0) is 34.1 Å². The number of hydrogen-bond donors (Lipinski definition) is 1. The van der Waals surface area contributed by atoms with Gasteiger partial charge in [-0.15, -0.1) is 0 Å². The summed E-state index contributed by atoms with van der Waals surface area (Å²) in [5.41, 5.74) is 0.839. The Morgan fingerprint density at radius 3 is 2.41 bits per heavy atom. The Bertz CT molecular complexity index is 658. The second-order valence-corrected chi connectivity index (χ2v) is 8.77. The molecule has 0 spiro atoms. The Labute approximate surface area is 147 Å². The predicted octanol–water partition coefficient (Wildman–Crippen LogP) is 1.73. The molecule has 0 bridgehead atoms. The second-order valence-electron chi connectivity index (χ2n) is 5.02. The quantitative estimate of drug-likeness (QED) is 0.752. The van der Waals surface area contributed by atoms with E-state index in [9.17, 15) is 13.2 Å². The molecule has 1 N–H and O–H groups in total. The topological polar surface area (TPSA) is 69.7 Å². The van der Waals surface area contributed by atoms with E-state index in [1.165, 1.54) is 10.6 Å². The number of nitrogens with zero attached hydrogens (tertiary/aromatic N) is 2. The summed E-state index contributed by atoms with van der Waals surface area (Å²) < 4.78 is 26.1. The summed E-state index contributed by atoms with van der Waals surface area (Å²) in [5, 5.41) is 3.09. The average Bonchev–Trinajstić information content (AvgIpc) is 2.45. The van der Waals surface area contributed by atoms with Crippen molar-refractivity contribution in [1.29, 1.82) is 0 Å². The molecule has 0 aliphatic carbocycles. The Kier molecular flexibility index (Phi) is 5.87. The molecule has 1 amide bonds. The van der Waals surface area contributed by atoms with Gasteiger partial charge < -0.3 is 10.2 Å². The molecule has 2 rings (SSSR count). The fourth-order valence-corrected chi connectivity index (χ4v) is 4.20. The van der Waals surface area contributed by atoms with Crippen molar-refractivity contribution in [2.75, 3.05) is 44.3 Å². The molecule has 1 aromatic rings. The molecule has 22 heavy (non-hydrogen) atoms. The highest BCUT2D eigenvalue weighted by atomic mass is 79.9. The molecule has 0 unspecified atom stereocenters. The fraction of sp³-hybridized carbons (Fsp3) is 0.462. The number of carbonyl (C=O) groups excluding carboxylic acids is 1. The lowest BCUT2D eigenvalue weighted by atomic mass is 10.3. The number of carbonyl (C=O) groups is 1. The van der Waals surface area contributed by atoms with Crippen LogP contribution in [-0.2, 0) is 14.8 Å². The van der Waals surface area contributed by atoms with E-state index in [0.717, 1.165) is 14.6 Å². The van der Waals surface area contributed by atoms with Crippen LogP contribution in [-0.4, -0.2) is 62.5 Å². The monoisotopic (exact) mass is 453 g/mol. The van der Waals surface area contributed by atoms with Gasteiger partial charge >= 0.3 is 0 Å². The van der Waals surface area contributed by atoms with Gasteiger partial charge in [0, 0.05) is 40.8 Å². The smallest absolute Gasteiger partial charge is 0.241 e. The molecule has 122 valence electrons. The summed E-state index contributed by atoms with van der Waals surface area (Å²) >= 11 is 6.81. The van der Waals surface area contributed by atoms with Gasteiger partial charge in [0.2, 0.25) is 15.9 Å². The van der Waals surface area contributed by atoms with Crippen LogP contribution in [0, 0.1) is 0 Å². The highest BCUT2D eigenvalue weighted by Crippen LogP contribution is 2.25. The van der Waals surface area contributed by atoms with Crippen molar-refractivity contribution < 1.29 is 13.2 Å². The third-order valence-corrected chi connectivity index (χ3v) is 5.87. The van der Waals surface area contributed by atoms with E-state index >= 15 is 0 Å². The maximum absolute atomic E-state index is 12.2. The van der Waals surface area contributed by atoms with E-state index < -0.39 is 10.0 Å². The van der Waals surface area contributed by atoms with Crippen molar-refractivity contribution >= 4 is 53.5 Å². The zero-order chi connectivity index (χ0) is 16.3. The number of halogens is 2.